The van der Waals surface area contributed by atoms with Gasteiger partial charge in [0.2, 0.25) is 0 Å². The summed E-state index contributed by atoms with van der Waals surface area (Å²) in [6.07, 6.45) is 1.73. The van der Waals surface area contributed by atoms with Crippen LogP contribution < -0.4 is 0 Å². The maximum Gasteiger partial charge on any atom is 0.316 e. The molecule has 1 saturated heterocycles. The number of nitrogens with zero attached hydrogens (tertiary/aromatic N) is 1. The fourth-order valence-electron chi connectivity index (χ4n) is 2.35. The summed E-state index contributed by atoms with van der Waals surface area (Å²) in [7, 11) is 2.07. The van der Waals surface area contributed by atoms with Gasteiger partial charge in [0.1, 0.15) is 12.0 Å². The van der Waals surface area contributed by atoms with Crippen molar-refractivity contribution in [3.8, 4) is 0 Å². The number of hydrogen-bond donors (Lipinski definition) is 1. The Morgan fingerprint density at radius 2 is 2.00 bits per heavy atom. The maximum absolute atomic E-state index is 12.1. The van der Waals surface area contributed by atoms with Gasteiger partial charge in [0.15, 0.2) is 0 Å². The molecule has 1 aromatic rings. The van der Waals surface area contributed by atoms with Crippen LogP contribution in [0.1, 0.15) is 24.3 Å². The Bertz CT molecular complexity index is 399. The summed E-state index contributed by atoms with van der Waals surface area (Å²) >= 11 is 0. The molecule has 0 radical (unpaired) electrons. The van der Waals surface area contributed by atoms with Crippen LogP contribution in [0.25, 0.3) is 0 Å². The fourth-order valence-corrected chi connectivity index (χ4v) is 2.35. The molecule has 1 heterocycles. The Kier molecular flexibility index (Phi) is 4.93. The minimum Gasteiger partial charge on any atom is -0.462 e. The second-order valence-electron chi connectivity index (χ2n) is 5.09. The van der Waals surface area contributed by atoms with Gasteiger partial charge >= 0.3 is 5.97 Å². The van der Waals surface area contributed by atoms with Crippen molar-refractivity contribution in [2.45, 2.75) is 24.9 Å². The molecule has 4 nitrogen and oxygen atoms in total. The Morgan fingerprint density at radius 3 is 2.58 bits per heavy atom. The molecule has 1 fully saturated rings. The highest BCUT2D eigenvalue weighted by Gasteiger charge is 2.26. The number of hydrogen-bond acceptors (Lipinski definition) is 4. The van der Waals surface area contributed by atoms with Gasteiger partial charge in [0.25, 0.3) is 0 Å². The van der Waals surface area contributed by atoms with Crippen LogP contribution in [0.4, 0.5) is 0 Å². The molecule has 1 N–H and O–H groups in total. The molecular weight excluding hydrogens is 242 g/mol. The van der Waals surface area contributed by atoms with Gasteiger partial charge in [-0.05, 0) is 25.5 Å². The van der Waals surface area contributed by atoms with Crippen LogP contribution in [0.15, 0.2) is 30.3 Å². The molecule has 19 heavy (non-hydrogen) atoms. The van der Waals surface area contributed by atoms with Crippen molar-refractivity contribution in [2.75, 3.05) is 26.7 Å². The molecule has 0 unspecified atom stereocenters. The molecule has 1 atom stereocenters. The molecule has 0 amide bonds. The SMILES string of the molecule is CN1CCC(OC(=O)[C@H](CO)c2ccccc2)CC1. The highest BCUT2D eigenvalue weighted by molar-refractivity contribution is 5.78. The van der Waals surface area contributed by atoms with E-state index in [1.54, 1.807) is 0 Å². The highest BCUT2D eigenvalue weighted by atomic mass is 16.5. The van der Waals surface area contributed by atoms with Crippen LogP contribution in [0, 0.1) is 0 Å². The number of aliphatic hydroxyl groups is 1. The molecule has 0 saturated carbocycles. The first-order valence-electron chi connectivity index (χ1n) is 6.75. The van der Waals surface area contributed by atoms with Crippen LogP contribution in [-0.2, 0) is 9.53 Å². The standard InChI is InChI=1S/C15H21NO3/c1-16-9-7-13(8-10-16)19-15(18)14(11-17)12-5-3-2-4-6-12/h2-6,13-14,17H,7-11H2,1H3/t14-/m1/s1. The molecule has 0 bridgehead atoms. The van der Waals surface area contributed by atoms with Gasteiger partial charge in [-0.25, -0.2) is 0 Å². The number of piperidine rings is 1. The van der Waals surface area contributed by atoms with Crippen molar-refractivity contribution in [3.63, 3.8) is 0 Å². The minimum absolute atomic E-state index is 0.0125. The number of benzene rings is 1. The Hall–Kier alpha value is -1.39. The quantitative estimate of drug-likeness (QED) is 0.834. The topological polar surface area (TPSA) is 49.8 Å². The van der Waals surface area contributed by atoms with Crippen molar-refractivity contribution in [3.05, 3.63) is 35.9 Å². The van der Waals surface area contributed by atoms with Crippen LogP contribution in [0.3, 0.4) is 0 Å². The number of aliphatic hydroxyl groups excluding tert-OH is 1. The van der Waals surface area contributed by atoms with Gasteiger partial charge < -0.3 is 14.7 Å². The molecule has 1 aromatic carbocycles. The fraction of sp³-hybridized carbons (Fsp3) is 0.533. The Morgan fingerprint density at radius 1 is 1.37 bits per heavy atom. The molecule has 0 aliphatic carbocycles. The number of carbonyl (C=O) groups is 1. The zero-order valence-corrected chi connectivity index (χ0v) is 11.3. The maximum atomic E-state index is 12.1. The normalized spacial score (nSPS) is 19.1. The van der Waals surface area contributed by atoms with E-state index in [1.165, 1.54) is 0 Å². The minimum atomic E-state index is -0.569. The molecule has 4 heteroatoms. The van der Waals surface area contributed by atoms with Crippen molar-refractivity contribution < 1.29 is 14.6 Å². The van der Waals surface area contributed by atoms with E-state index in [-0.39, 0.29) is 18.7 Å². The number of likely N-dealkylation sites (tertiary alicyclic amines) is 1. The van der Waals surface area contributed by atoms with Gasteiger partial charge in [-0.3, -0.25) is 4.79 Å². The van der Waals surface area contributed by atoms with E-state index in [9.17, 15) is 9.90 Å². The van der Waals surface area contributed by atoms with Gasteiger partial charge in [0.05, 0.1) is 6.61 Å². The molecule has 0 aromatic heterocycles. The van der Waals surface area contributed by atoms with E-state index >= 15 is 0 Å². The Labute approximate surface area is 114 Å². The van der Waals surface area contributed by atoms with Crippen molar-refractivity contribution in [1.29, 1.82) is 0 Å². The smallest absolute Gasteiger partial charge is 0.316 e. The van der Waals surface area contributed by atoms with Gasteiger partial charge in [-0.2, -0.15) is 0 Å². The third-order valence-electron chi connectivity index (χ3n) is 3.62. The second-order valence-corrected chi connectivity index (χ2v) is 5.09. The van der Waals surface area contributed by atoms with Crippen molar-refractivity contribution >= 4 is 5.97 Å². The van der Waals surface area contributed by atoms with E-state index < -0.39 is 5.92 Å². The van der Waals surface area contributed by atoms with E-state index in [4.69, 9.17) is 4.74 Å². The highest BCUT2D eigenvalue weighted by Crippen LogP contribution is 2.20. The number of ether oxygens (including phenoxy) is 1. The first-order chi connectivity index (χ1) is 9.20. The van der Waals surface area contributed by atoms with Gasteiger partial charge in [-0.1, -0.05) is 30.3 Å². The second kappa shape index (κ2) is 6.68. The predicted octanol–water partition coefficient (Wildman–Crippen LogP) is 1.40. The van der Waals surface area contributed by atoms with Crippen LogP contribution in [0.2, 0.25) is 0 Å². The lowest BCUT2D eigenvalue weighted by atomic mass is 10.00. The van der Waals surface area contributed by atoms with Crippen LogP contribution in [-0.4, -0.2) is 48.8 Å². The average Bonchev–Trinajstić information content (AvgIpc) is 2.43. The summed E-state index contributed by atoms with van der Waals surface area (Å²) in [5.74, 6) is -0.885. The van der Waals surface area contributed by atoms with Crippen molar-refractivity contribution in [1.82, 2.24) is 4.90 Å². The van der Waals surface area contributed by atoms with Gasteiger partial charge in [-0.15, -0.1) is 0 Å². The van der Waals surface area contributed by atoms with Crippen LogP contribution in [0.5, 0.6) is 0 Å². The lowest BCUT2D eigenvalue weighted by Crippen LogP contribution is -2.36. The third kappa shape index (κ3) is 3.78. The van der Waals surface area contributed by atoms with E-state index in [1.807, 2.05) is 30.3 Å². The summed E-state index contributed by atoms with van der Waals surface area (Å²) in [5.41, 5.74) is 0.808. The Balaban J connectivity index is 1.94. The summed E-state index contributed by atoms with van der Waals surface area (Å²) in [5, 5.41) is 9.41. The molecule has 2 rings (SSSR count). The van der Waals surface area contributed by atoms with E-state index in [0.717, 1.165) is 31.5 Å². The zero-order chi connectivity index (χ0) is 13.7. The van der Waals surface area contributed by atoms with Gasteiger partial charge in [0, 0.05) is 13.1 Å². The molecule has 1 aliphatic rings. The summed E-state index contributed by atoms with van der Waals surface area (Å²) in [4.78, 5) is 14.4. The third-order valence-corrected chi connectivity index (χ3v) is 3.62. The largest absolute Gasteiger partial charge is 0.462 e. The number of carbonyl (C=O) groups excluding carboxylic acids is 1. The lowest BCUT2D eigenvalue weighted by Gasteiger charge is -2.29. The number of esters is 1. The summed E-state index contributed by atoms with van der Waals surface area (Å²) in [6, 6.07) is 9.30. The molecular formula is C15H21NO3. The summed E-state index contributed by atoms with van der Waals surface area (Å²) < 4.78 is 5.52. The summed E-state index contributed by atoms with van der Waals surface area (Å²) in [6.45, 7) is 1.69. The molecule has 1 aliphatic heterocycles. The zero-order valence-electron chi connectivity index (χ0n) is 11.3. The first-order valence-corrected chi connectivity index (χ1v) is 6.75. The van der Waals surface area contributed by atoms with E-state index in [0.29, 0.717) is 0 Å². The first kappa shape index (κ1) is 14.0. The van der Waals surface area contributed by atoms with Crippen LogP contribution >= 0.6 is 0 Å². The monoisotopic (exact) mass is 263 g/mol. The van der Waals surface area contributed by atoms with E-state index in [2.05, 4.69) is 11.9 Å². The predicted molar refractivity (Wildman–Crippen MR) is 72.9 cm³/mol. The van der Waals surface area contributed by atoms with Crippen molar-refractivity contribution in [2.24, 2.45) is 0 Å². The molecule has 104 valence electrons. The number of rotatable bonds is 4. The molecule has 0 spiro atoms. The lowest BCUT2D eigenvalue weighted by molar-refractivity contribution is -0.154. The average molecular weight is 263 g/mol.